The number of nitrogens with zero attached hydrogens (tertiary/aromatic N) is 1. The summed E-state index contributed by atoms with van der Waals surface area (Å²) in [6.07, 6.45) is 13.9. The van der Waals surface area contributed by atoms with Gasteiger partial charge < -0.3 is 0 Å². The van der Waals surface area contributed by atoms with Gasteiger partial charge in [0.15, 0.2) is 0 Å². The van der Waals surface area contributed by atoms with Crippen molar-refractivity contribution < 1.29 is 0 Å². The molecule has 0 saturated heterocycles. The lowest BCUT2D eigenvalue weighted by Crippen LogP contribution is -2.28. The van der Waals surface area contributed by atoms with Crippen LogP contribution in [0.2, 0.25) is 0 Å². The van der Waals surface area contributed by atoms with Crippen molar-refractivity contribution in [3.63, 3.8) is 0 Å². The first-order chi connectivity index (χ1) is 8.67. The topological polar surface area (TPSA) is 12.9 Å². The van der Waals surface area contributed by atoms with Crippen molar-refractivity contribution in [1.29, 1.82) is 0 Å². The molecule has 1 spiro atoms. The van der Waals surface area contributed by atoms with Gasteiger partial charge in [0.2, 0.25) is 0 Å². The second-order valence-electron chi connectivity index (χ2n) is 7.07. The quantitative estimate of drug-likeness (QED) is 0.750. The Labute approximate surface area is 111 Å². The van der Waals surface area contributed by atoms with Crippen molar-refractivity contribution in [2.75, 3.05) is 0 Å². The average molecular weight is 243 g/mol. The average Bonchev–Trinajstić information content (AvgIpc) is 2.70. The molecule has 0 bridgehead atoms. The summed E-state index contributed by atoms with van der Waals surface area (Å²) in [4.78, 5) is 4.29. The van der Waals surface area contributed by atoms with E-state index in [1.54, 1.807) is 5.56 Å². The fraction of sp³-hybridized carbons (Fsp3) is 0.706. The van der Waals surface area contributed by atoms with Gasteiger partial charge >= 0.3 is 0 Å². The second kappa shape index (κ2) is 4.68. The molecule has 0 N–H and O–H groups in total. The first kappa shape index (κ1) is 12.2. The predicted octanol–water partition coefficient (Wildman–Crippen LogP) is 4.40. The maximum absolute atomic E-state index is 4.29. The van der Waals surface area contributed by atoms with Gasteiger partial charge in [-0.2, -0.15) is 0 Å². The molecule has 2 aliphatic rings. The van der Waals surface area contributed by atoms with E-state index in [4.69, 9.17) is 0 Å². The Hall–Kier alpha value is -0.850. The van der Waals surface area contributed by atoms with E-state index in [2.05, 4.69) is 31.1 Å². The summed E-state index contributed by atoms with van der Waals surface area (Å²) in [5.41, 5.74) is 3.71. The number of pyridine rings is 1. The molecule has 98 valence electrons. The van der Waals surface area contributed by atoms with Crippen LogP contribution in [0.15, 0.2) is 18.5 Å². The largest absolute Gasteiger partial charge is 0.264 e. The third-order valence-corrected chi connectivity index (χ3v) is 5.11. The first-order valence-corrected chi connectivity index (χ1v) is 7.59. The van der Waals surface area contributed by atoms with Crippen LogP contribution in [0.25, 0.3) is 0 Å². The van der Waals surface area contributed by atoms with E-state index < -0.39 is 0 Å². The van der Waals surface area contributed by atoms with E-state index in [0.717, 1.165) is 11.8 Å². The van der Waals surface area contributed by atoms with Crippen molar-refractivity contribution in [3.05, 3.63) is 29.6 Å². The van der Waals surface area contributed by atoms with Crippen LogP contribution in [-0.2, 0) is 12.8 Å². The number of hydrogen-bond acceptors (Lipinski definition) is 1. The minimum Gasteiger partial charge on any atom is -0.264 e. The minimum atomic E-state index is 0.610. The molecule has 0 atom stereocenters. The normalized spacial score (nSPS) is 30.9. The van der Waals surface area contributed by atoms with Crippen LogP contribution in [-0.4, -0.2) is 4.98 Å². The number of fused-ring (bicyclic) bond motifs is 1. The van der Waals surface area contributed by atoms with E-state index in [9.17, 15) is 0 Å². The summed E-state index contributed by atoms with van der Waals surface area (Å²) in [5, 5.41) is 0. The molecule has 1 aromatic rings. The molecular weight excluding hydrogens is 218 g/mol. The predicted molar refractivity (Wildman–Crippen MR) is 75.5 cm³/mol. The zero-order valence-electron chi connectivity index (χ0n) is 11.8. The van der Waals surface area contributed by atoms with E-state index in [-0.39, 0.29) is 0 Å². The summed E-state index contributed by atoms with van der Waals surface area (Å²) in [6, 6.07) is 2.24. The molecule has 1 nitrogen and oxygen atoms in total. The van der Waals surface area contributed by atoms with Gasteiger partial charge in [0.25, 0.3) is 0 Å². The summed E-state index contributed by atoms with van der Waals surface area (Å²) in [6.45, 7) is 4.73. The highest BCUT2D eigenvalue weighted by Crippen LogP contribution is 2.49. The highest BCUT2D eigenvalue weighted by molar-refractivity contribution is 5.31. The Morgan fingerprint density at radius 2 is 1.94 bits per heavy atom. The molecule has 1 heteroatoms. The van der Waals surface area contributed by atoms with Crippen molar-refractivity contribution >= 4 is 0 Å². The molecule has 2 aliphatic carbocycles. The lowest BCUT2D eigenvalue weighted by Gasteiger charge is -2.37. The van der Waals surface area contributed by atoms with Gasteiger partial charge in [0.05, 0.1) is 0 Å². The third-order valence-electron chi connectivity index (χ3n) is 5.11. The molecule has 3 rings (SSSR count). The van der Waals surface area contributed by atoms with Crippen LogP contribution in [0.1, 0.15) is 57.1 Å². The standard InChI is InChI=1S/C17H25N/c1-13(2)9-14-3-6-17(7-4-14)10-15-5-8-18-12-16(15)11-17/h5,8,12-14H,3-4,6-7,9-11H2,1-2H3. The Balaban J connectivity index is 1.64. The van der Waals surface area contributed by atoms with E-state index >= 15 is 0 Å². The van der Waals surface area contributed by atoms with Crippen LogP contribution < -0.4 is 0 Å². The molecular formula is C17H25N. The van der Waals surface area contributed by atoms with E-state index in [1.807, 2.05) is 6.20 Å². The molecule has 1 aromatic heterocycles. The third kappa shape index (κ3) is 2.32. The Morgan fingerprint density at radius 3 is 2.61 bits per heavy atom. The summed E-state index contributed by atoms with van der Waals surface area (Å²) >= 11 is 0. The molecule has 0 aromatic carbocycles. The molecule has 1 fully saturated rings. The van der Waals surface area contributed by atoms with Gasteiger partial charge in [-0.15, -0.1) is 0 Å². The zero-order valence-corrected chi connectivity index (χ0v) is 11.8. The van der Waals surface area contributed by atoms with Crippen molar-refractivity contribution in [1.82, 2.24) is 4.98 Å². The van der Waals surface area contributed by atoms with Gasteiger partial charge in [0.1, 0.15) is 0 Å². The maximum atomic E-state index is 4.29. The van der Waals surface area contributed by atoms with Gasteiger partial charge in [-0.3, -0.25) is 4.98 Å². The highest BCUT2D eigenvalue weighted by Gasteiger charge is 2.40. The lowest BCUT2D eigenvalue weighted by atomic mass is 9.67. The molecule has 0 radical (unpaired) electrons. The van der Waals surface area contributed by atoms with Crippen LogP contribution in [0.3, 0.4) is 0 Å². The highest BCUT2D eigenvalue weighted by atomic mass is 14.6. The van der Waals surface area contributed by atoms with Gasteiger partial charge in [-0.05, 0) is 79.4 Å². The summed E-state index contributed by atoms with van der Waals surface area (Å²) in [5.74, 6) is 1.87. The number of hydrogen-bond donors (Lipinski definition) is 0. The lowest BCUT2D eigenvalue weighted by molar-refractivity contribution is 0.147. The Morgan fingerprint density at radius 1 is 1.22 bits per heavy atom. The molecule has 0 unspecified atom stereocenters. The SMILES string of the molecule is CC(C)CC1CCC2(CC1)Cc1ccncc1C2. The van der Waals surface area contributed by atoms with E-state index in [1.165, 1.54) is 50.5 Å². The first-order valence-electron chi connectivity index (χ1n) is 7.59. The Bertz CT molecular complexity index is 386. The number of rotatable bonds is 2. The molecule has 18 heavy (non-hydrogen) atoms. The van der Waals surface area contributed by atoms with Crippen molar-refractivity contribution in [2.24, 2.45) is 17.3 Å². The minimum absolute atomic E-state index is 0.610. The zero-order chi connectivity index (χ0) is 12.6. The fourth-order valence-electron chi connectivity index (χ4n) is 4.20. The van der Waals surface area contributed by atoms with E-state index in [0.29, 0.717) is 5.41 Å². The molecule has 0 aliphatic heterocycles. The summed E-state index contributed by atoms with van der Waals surface area (Å²) in [7, 11) is 0. The van der Waals surface area contributed by atoms with Crippen molar-refractivity contribution in [2.45, 2.75) is 58.8 Å². The number of aromatic nitrogens is 1. The van der Waals surface area contributed by atoms with Crippen LogP contribution in [0.4, 0.5) is 0 Å². The monoisotopic (exact) mass is 243 g/mol. The second-order valence-corrected chi connectivity index (χ2v) is 7.07. The fourth-order valence-corrected chi connectivity index (χ4v) is 4.20. The van der Waals surface area contributed by atoms with Gasteiger partial charge in [-0.25, -0.2) is 0 Å². The smallest absolute Gasteiger partial charge is 0.0302 e. The van der Waals surface area contributed by atoms with Crippen LogP contribution >= 0.6 is 0 Å². The molecule has 0 amide bonds. The summed E-state index contributed by atoms with van der Waals surface area (Å²) < 4.78 is 0. The van der Waals surface area contributed by atoms with Gasteiger partial charge in [0, 0.05) is 12.4 Å². The molecule has 1 saturated carbocycles. The maximum Gasteiger partial charge on any atom is 0.0302 e. The van der Waals surface area contributed by atoms with Crippen LogP contribution in [0.5, 0.6) is 0 Å². The van der Waals surface area contributed by atoms with Crippen molar-refractivity contribution in [3.8, 4) is 0 Å². The van der Waals surface area contributed by atoms with Gasteiger partial charge in [-0.1, -0.05) is 13.8 Å². The molecule has 1 heterocycles. The van der Waals surface area contributed by atoms with Crippen LogP contribution in [0, 0.1) is 17.3 Å². The Kier molecular flexibility index (Phi) is 3.17.